The van der Waals surface area contributed by atoms with E-state index < -0.39 is 30.2 Å². The molecule has 0 radical (unpaired) electrons. The highest BCUT2D eigenvalue weighted by atomic mass is 19.3. The summed E-state index contributed by atoms with van der Waals surface area (Å²) in [6, 6.07) is -0.874. The molecule has 1 atom stereocenters. The standard InChI is InChI=1S/C11H20F2N2O2/c1-10(2,3)17-9(16)15-6-5-8(14-4)11(12,13)7-15/h8,14H,5-7H2,1-4H3. The van der Waals surface area contributed by atoms with Crippen molar-refractivity contribution < 1.29 is 18.3 Å². The van der Waals surface area contributed by atoms with Crippen molar-refractivity contribution in [3.05, 3.63) is 0 Å². The predicted octanol–water partition coefficient (Wildman–Crippen LogP) is 1.85. The molecule has 1 amide bonds. The SMILES string of the molecule is CNC1CCN(C(=O)OC(C)(C)C)CC1(F)F. The molecule has 0 aromatic heterocycles. The minimum Gasteiger partial charge on any atom is -0.444 e. The Morgan fingerprint density at radius 3 is 2.47 bits per heavy atom. The van der Waals surface area contributed by atoms with Crippen LogP contribution >= 0.6 is 0 Å². The van der Waals surface area contributed by atoms with Crippen LogP contribution in [0.15, 0.2) is 0 Å². The number of halogens is 2. The van der Waals surface area contributed by atoms with Crippen LogP contribution in [0.4, 0.5) is 13.6 Å². The zero-order chi connectivity index (χ0) is 13.3. The van der Waals surface area contributed by atoms with Crippen LogP contribution < -0.4 is 5.32 Å². The molecule has 1 aliphatic heterocycles. The minimum atomic E-state index is -2.91. The van der Waals surface area contributed by atoms with Crippen LogP contribution in [0.1, 0.15) is 27.2 Å². The number of hydrogen-bond acceptors (Lipinski definition) is 3. The second-order valence-electron chi connectivity index (χ2n) is 5.29. The van der Waals surface area contributed by atoms with Crippen molar-refractivity contribution in [1.82, 2.24) is 10.2 Å². The molecule has 1 unspecified atom stereocenters. The Hall–Kier alpha value is -0.910. The van der Waals surface area contributed by atoms with Crippen molar-refractivity contribution in [2.45, 2.75) is 44.8 Å². The van der Waals surface area contributed by atoms with Gasteiger partial charge >= 0.3 is 6.09 Å². The normalized spacial score (nSPS) is 24.6. The number of carbonyl (C=O) groups is 1. The quantitative estimate of drug-likeness (QED) is 0.772. The van der Waals surface area contributed by atoms with Crippen LogP contribution in [0.5, 0.6) is 0 Å². The summed E-state index contributed by atoms with van der Waals surface area (Å²) in [5, 5.41) is 2.57. The van der Waals surface area contributed by atoms with Gasteiger partial charge in [0.25, 0.3) is 5.92 Å². The van der Waals surface area contributed by atoms with Crippen molar-refractivity contribution in [3.8, 4) is 0 Å². The number of alkyl halides is 2. The average Bonchev–Trinajstić information content (AvgIpc) is 2.13. The van der Waals surface area contributed by atoms with E-state index >= 15 is 0 Å². The Kier molecular flexibility index (Phi) is 3.96. The summed E-state index contributed by atoms with van der Waals surface area (Å²) in [6.07, 6.45) is -0.449. The van der Waals surface area contributed by atoms with Crippen LogP contribution in [0.2, 0.25) is 0 Å². The summed E-state index contributed by atoms with van der Waals surface area (Å²) < 4.78 is 32.3. The Morgan fingerprint density at radius 2 is 2.06 bits per heavy atom. The maximum atomic E-state index is 13.6. The monoisotopic (exact) mass is 250 g/mol. The van der Waals surface area contributed by atoms with Gasteiger partial charge in [-0.25, -0.2) is 13.6 Å². The number of ether oxygens (including phenoxy) is 1. The van der Waals surface area contributed by atoms with E-state index in [2.05, 4.69) is 5.32 Å². The zero-order valence-electron chi connectivity index (χ0n) is 10.7. The van der Waals surface area contributed by atoms with Gasteiger partial charge in [-0.3, -0.25) is 0 Å². The van der Waals surface area contributed by atoms with Gasteiger partial charge in [0.1, 0.15) is 5.60 Å². The van der Waals surface area contributed by atoms with Crippen molar-refractivity contribution in [3.63, 3.8) is 0 Å². The summed E-state index contributed by atoms with van der Waals surface area (Å²) in [5.41, 5.74) is -0.660. The van der Waals surface area contributed by atoms with Gasteiger partial charge in [0, 0.05) is 6.54 Å². The molecule has 1 N–H and O–H groups in total. The highest BCUT2D eigenvalue weighted by molar-refractivity contribution is 5.68. The zero-order valence-corrected chi connectivity index (χ0v) is 10.7. The number of nitrogens with one attached hydrogen (secondary N) is 1. The van der Waals surface area contributed by atoms with Gasteiger partial charge in [-0.2, -0.15) is 0 Å². The molecule has 0 aromatic rings. The number of piperidine rings is 1. The van der Waals surface area contributed by atoms with E-state index in [1.165, 1.54) is 7.05 Å². The Bertz CT molecular complexity index is 290. The first-order chi connectivity index (χ1) is 7.65. The molecular formula is C11H20F2N2O2. The predicted molar refractivity (Wildman–Crippen MR) is 60.2 cm³/mol. The molecule has 1 fully saturated rings. The second kappa shape index (κ2) is 4.76. The number of nitrogens with zero attached hydrogens (tertiary/aromatic N) is 1. The molecule has 0 aliphatic carbocycles. The molecular weight excluding hydrogens is 230 g/mol. The van der Waals surface area contributed by atoms with Crippen molar-refractivity contribution in [2.75, 3.05) is 20.1 Å². The smallest absolute Gasteiger partial charge is 0.410 e. The van der Waals surface area contributed by atoms with Gasteiger partial charge in [-0.1, -0.05) is 0 Å². The van der Waals surface area contributed by atoms with Gasteiger partial charge < -0.3 is 15.0 Å². The van der Waals surface area contributed by atoms with Gasteiger partial charge in [0.05, 0.1) is 12.6 Å². The number of hydrogen-bond donors (Lipinski definition) is 1. The molecule has 17 heavy (non-hydrogen) atoms. The van der Waals surface area contributed by atoms with E-state index in [9.17, 15) is 13.6 Å². The molecule has 0 aromatic carbocycles. The molecule has 1 rings (SSSR count). The molecule has 0 bridgehead atoms. The first-order valence-electron chi connectivity index (χ1n) is 5.69. The van der Waals surface area contributed by atoms with Crippen LogP contribution in [0, 0.1) is 0 Å². The molecule has 1 aliphatic rings. The summed E-state index contributed by atoms with van der Waals surface area (Å²) in [5.74, 6) is -2.91. The van der Waals surface area contributed by atoms with Crippen molar-refractivity contribution in [2.24, 2.45) is 0 Å². The summed E-state index contributed by atoms with van der Waals surface area (Å²) in [4.78, 5) is 12.7. The first kappa shape index (κ1) is 14.2. The van der Waals surface area contributed by atoms with E-state index in [4.69, 9.17) is 4.74 Å². The molecule has 4 nitrogen and oxygen atoms in total. The van der Waals surface area contributed by atoms with Crippen molar-refractivity contribution >= 4 is 6.09 Å². The van der Waals surface area contributed by atoms with Crippen LogP contribution in [0.3, 0.4) is 0 Å². The molecule has 6 heteroatoms. The third-order valence-corrected chi connectivity index (χ3v) is 2.60. The van der Waals surface area contributed by atoms with Crippen LogP contribution in [-0.2, 0) is 4.74 Å². The van der Waals surface area contributed by atoms with E-state index in [-0.39, 0.29) is 13.0 Å². The van der Waals surface area contributed by atoms with Crippen molar-refractivity contribution in [1.29, 1.82) is 0 Å². The maximum Gasteiger partial charge on any atom is 0.410 e. The lowest BCUT2D eigenvalue weighted by Crippen LogP contribution is -2.58. The summed E-state index contributed by atoms with van der Waals surface area (Å²) in [6.45, 7) is 4.83. The lowest BCUT2D eigenvalue weighted by atomic mass is 10.0. The lowest BCUT2D eigenvalue weighted by molar-refractivity contribution is -0.0896. The molecule has 100 valence electrons. The second-order valence-corrected chi connectivity index (χ2v) is 5.29. The fourth-order valence-corrected chi connectivity index (χ4v) is 1.78. The third-order valence-electron chi connectivity index (χ3n) is 2.60. The Labute approximate surface area is 100 Å². The highest BCUT2D eigenvalue weighted by Crippen LogP contribution is 2.28. The fourth-order valence-electron chi connectivity index (χ4n) is 1.78. The number of rotatable bonds is 1. The topological polar surface area (TPSA) is 41.6 Å². The first-order valence-corrected chi connectivity index (χ1v) is 5.69. The van der Waals surface area contributed by atoms with E-state index in [0.29, 0.717) is 0 Å². The number of amides is 1. The van der Waals surface area contributed by atoms with Gasteiger partial charge in [0.15, 0.2) is 0 Å². The maximum absolute atomic E-state index is 13.6. The van der Waals surface area contributed by atoms with E-state index in [1.807, 2.05) is 0 Å². The molecule has 1 saturated heterocycles. The third kappa shape index (κ3) is 3.80. The van der Waals surface area contributed by atoms with Crippen LogP contribution in [-0.4, -0.2) is 48.7 Å². The largest absolute Gasteiger partial charge is 0.444 e. The summed E-state index contributed by atoms with van der Waals surface area (Å²) in [7, 11) is 1.50. The minimum absolute atomic E-state index is 0.225. The Morgan fingerprint density at radius 1 is 1.47 bits per heavy atom. The van der Waals surface area contributed by atoms with Gasteiger partial charge in [-0.15, -0.1) is 0 Å². The number of likely N-dealkylation sites (tertiary alicyclic amines) is 1. The van der Waals surface area contributed by atoms with E-state index in [0.717, 1.165) is 4.90 Å². The molecule has 0 saturated carbocycles. The van der Waals surface area contributed by atoms with Gasteiger partial charge in [-0.05, 0) is 34.2 Å². The number of carbonyl (C=O) groups excluding carboxylic acids is 1. The Balaban J connectivity index is 2.62. The molecule has 0 spiro atoms. The van der Waals surface area contributed by atoms with E-state index in [1.54, 1.807) is 20.8 Å². The molecule has 1 heterocycles. The lowest BCUT2D eigenvalue weighted by Gasteiger charge is -2.38. The fraction of sp³-hybridized carbons (Fsp3) is 0.909. The van der Waals surface area contributed by atoms with Crippen LogP contribution in [0.25, 0.3) is 0 Å². The highest BCUT2D eigenvalue weighted by Gasteiger charge is 2.45. The average molecular weight is 250 g/mol. The summed E-state index contributed by atoms with van der Waals surface area (Å²) >= 11 is 0. The van der Waals surface area contributed by atoms with Gasteiger partial charge in [0.2, 0.25) is 0 Å².